The molecule has 0 atom stereocenters. The van der Waals surface area contributed by atoms with Gasteiger partial charge in [0.15, 0.2) is 0 Å². The first-order chi connectivity index (χ1) is 3.91. The summed E-state index contributed by atoms with van der Waals surface area (Å²) in [5, 5.41) is 0. The molecular weight excluding hydrogens is 96.1 g/mol. The van der Waals surface area contributed by atoms with E-state index in [4.69, 9.17) is 0 Å². The molecule has 0 saturated heterocycles. The lowest BCUT2D eigenvalue weighted by molar-refractivity contribution is 1.41. The van der Waals surface area contributed by atoms with Crippen molar-refractivity contribution >= 4 is 0 Å². The van der Waals surface area contributed by atoms with Gasteiger partial charge in [0.25, 0.3) is 0 Å². The Morgan fingerprint density at radius 1 is 1.62 bits per heavy atom. The van der Waals surface area contributed by atoms with Crippen molar-refractivity contribution in [2.45, 2.75) is 13.3 Å². The maximum atomic E-state index is 3.56. The third kappa shape index (κ3) is 5.04. The number of hydrogen-bond acceptors (Lipinski definition) is 0. The van der Waals surface area contributed by atoms with Gasteiger partial charge in [-0.2, -0.15) is 0 Å². The zero-order valence-corrected chi connectivity index (χ0v) is 5.15. The fraction of sp³-hybridized carbons (Fsp3) is 0.250. The summed E-state index contributed by atoms with van der Waals surface area (Å²) in [5.41, 5.74) is 0. The van der Waals surface area contributed by atoms with Crippen LogP contribution in [0.25, 0.3) is 0 Å². The molecule has 0 rings (SSSR count). The molecule has 0 amide bonds. The van der Waals surface area contributed by atoms with Crippen LogP contribution in [-0.4, -0.2) is 0 Å². The molecule has 0 fully saturated rings. The van der Waals surface area contributed by atoms with Gasteiger partial charge < -0.3 is 0 Å². The van der Waals surface area contributed by atoms with Crippen molar-refractivity contribution in [2.75, 3.05) is 0 Å². The molecule has 0 aliphatic heterocycles. The number of rotatable bonds is 2. The second-order valence-corrected chi connectivity index (χ2v) is 1.32. The minimum Gasteiger partial charge on any atom is -0.103 e. The summed E-state index contributed by atoms with van der Waals surface area (Å²) in [4.78, 5) is 0. The molecule has 0 bridgehead atoms. The fourth-order valence-electron chi connectivity index (χ4n) is 0.307. The Kier molecular flexibility index (Phi) is 5.32. The van der Waals surface area contributed by atoms with Gasteiger partial charge in [0.05, 0.1) is 0 Å². The first kappa shape index (κ1) is 7.04. The van der Waals surface area contributed by atoms with E-state index in [1.165, 1.54) is 0 Å². The molecule has 8 heavy (non-hydrogen) atoms. The molecule has 0 aromatic rings. The molecule has 0 heterocycles. The summed E-state index contributed by atoms with van der Waals surface area (Å²) in [7, 11) is 0. The van der Waals surface area contributed by atoms with E-state index in [0.717, 1.165) is 6.42 Å². The summed E-state index contributed by atoms with van der Waals surface area (Å²) in [6, 6.07) is 0. The number of hydrogen-bond donors (Lipinski definition) is 0. The molecule has 42 valence electrons. The summed E-state index contributed by atoms with van der Waals surface area (Å²) in [6.45, 7) is 5.38. The van der Waals surface area contributed by atoms with Crippen LogP contribution in [0.2, 0.25) is 0 Å². The van der Waals surface area contributed by atoms with Crippen molar-refractivity contribution < 1.29 is 0 Å². The summed E-state index contributed by atoms with van der Waals surface area (Å²) >= 11 is 0. The molecule has 0 saturated carbocycles. The second kappa shape index (κ2) is 6.04. The largest absolute Gasteiger partial charge is 0.103 e. The van der Waals surface area contributed by atoms with Crippen LogP contribution in [0.5, 0.6) is 0 Å². The molecule has 0 heteroatoms. The normalized spacial score (nSPS) is 8.12. The van der Waals surface area contributed by atoms with Crippen LogP contribution in [0.3, 0.4) is 0 Å². The van der Waals surface area contributed by atoms with Gasteiger partial charge in [-0.1, -0.05) is 18.1 Å². The predicted molar refractivity (Wildman–Crippen MR) is 37.4 cm³/mol. The van der Waals surface area contributed by atoms with Crippen molar-refractivity contribution in [3.8, 4) is 11.8 Å². The lowest BCUT2D eigenvalue weighted by Gasteiger charge is -1.70. The maximum Gasteiger partial charge on any atom is -0.00235 e. The summed E-state index contributed by atoms with van der Waals surface area (Å²) in [5.74, 6) is 5.56. The van der Waals surface area contributed by atoms with Crippen molar-refractivity contribution in [3.63, 3.8) is 0 Å². The third-order valence-electron chi connectivity index (χ3n) is 0.648. The Labute approximate surface area is 50.9 Å². The van der Waals surface area contributed by atoms with Crippen LogP contribution in [0.15, 0.2) is 24.8 Å². The van der Waals surface area contributed by atoms with Gasteiger partial charge in [-0.15, -0.1) is 12.5 Å². The van der Waals surface area contributed by atoms with Gasteiger partial charge in [-0.25, -0.2) is 0 Å². The topological polar surface area (TPSA) is 0 Å². The van der Waals surface area contributed by atoms with Gasteiger partial charge >= 0.3 is 0 Å². The molecule has 0 aliphatic rings. The second-order valence-electron chi connectivity index (χ2n) is 1.32. The highest BCUT2D eigenvalue weighted by Gasteiger charge is 1.60. The Morgan fingerprint density at radius 2 is 2.38 bits per heavy atom. The van der Waals surface area contributed by atoms with Crippen molar-refractivity contribution in [1.29, 1.82) is 0 Å². The highest BCUT2D eigenvalue weighted by atomic mass is 13.7. The first-order valence-electron chi connectivity index (χ1n) is 2.60. The van der Waals surface area contributed by atoms with E-state index in [1.54, 1.807) is 0 Å². The molecule has 0 unspecified atom stereocenters. The number of allylic oxidation sites excluding steroid dienone is 3. The van der Waals surface area contributed by atoms with Gasteiger partial charge in [0, 0.05) is 0 Å². The maximum absolute atomic E-state index is 3.56. The van der Waals surface area contributed by atoms with E-state index in [-0.39, 0.29) is 0 Å². The monoisotopic (exact) mass is 106 g/mol. The predicted octanol–water partition coefficient (Wildman–Crippen LogP) is 2.14. The molecule has 0 spiro atoms. The van der Waals surface area contributed by atoms with Crippen LogP contribution in [-0.2, 0) is 0 Å². The minimum atomic E-state index is 0.911. The molecule has 0 aromatic carbocycles. The van der Waals surface area contributed by atoms with Crippen molar-refractivity contribution in [3.05, 3.63) is 24.8 Å². The Balaban J connectivity index is 3.29. The third-order valence-corrected chi connectivity index (χ3v) is 0.648. The highest BCUT2D eigenvalue weighted by molar-refractivity contribution is 5.14. The SMILES string of the molecule is C=CC/C=C/C#CC. The first-order valence-corrected chi connectivity index (χ1v) is 2.60. The van der Waals surface area contributed by atoms with Crippen LogP contribution in [0.1, 0.15) is 13.3 Å². The van der Waals surface area contributed by atoms with Gasteiger partial charge in [0.1, 0.15) is 0 Å². The minimum absolute atomic E-state index is 0.911. The molecule has 0 N–H and O–H groups in total. The fourth-order valence-corrected chi connectivity index (χ4v) is 0.307. The van der Waals surface area contributed by atoms with E-state index in [0.29, 0.717) is 0 Å². The van der Waals surface area contributed by atoms with Crippen LogP contribution >= 0.6 is 0 Å². The zero-order valence-electron chi connectivity index (χ0n) is 5.15. The van der Waals surface area contributed by atoms with Gasteiger partial charge in [0.2, 0.25) is 0 Å². The standard InChI is InChI=1S/C8H10/c1-3-5-7-8-6-4-2/h3,7-8H,1,5H2,2H3/b8-7+. The Hall–Kier alpha value is -0.960. The van der Waals surface area contributed by atoms with E-state index in [9.17, 15) is 0 Å². The van der Waals surface area contributed by atoms with E-state index in [1.807, 2.05) is 25.2 Å². The van der Waals surface area contributed by atoms with Crippen LogP contribution in [0, 0.1) is 11.8 Å². The lowest BCUT2D eigenvalue weighted by atomic mass is 10.4. The summed E-state index contributed by atoms with van der Waals surface area (Å²) < 4.78 is 0. The van der Waals surface area contributed by atoms with Crippen molar-refractivity contribution in [2.24, 2.45) is 0 Å². The van der Waals surface area contributed by atoms with Gasteiger partial charge in [-0.05, 0) is 19.4 Å². The Bertz CT molecular complexity index is 130. The average molecular weight is 106 g/mol. The highest BCUT2D eigenvalue weighted by Crippen LogP contribution is 1.79. The molecular formula is C8H10. The van der Waals surface area contributed by atoms with E-state index < -0.39 is 0 Å². The molecule has 0 aliphatic carbocycles. The summed E-state index contributed by atoms with van der Waals surface area (Å²) in [6.07, 6.45) is 6.56. The molecule has 0 radical (unpaired) electrons. The average Bonchev–Trinajstić information content (AvgIpc) is 1.81. The zero-order chi connectivity index (χ0) is 6.24. The van der Waals surface area contributed by atoms with E-state index >= 15 is 0 Å². The van der Waals surface area contributed by atoms with Crippen LogP contribution < -0.4 is 0 Å². The molecule has 0 nitrogen and oxygen atoms in total. The van der Waals surface area contributed by atoms with E-state index in [2.05, 4.69) is 18.4 Å². The van der Waals surface area contributed by atoms with Gasteiger partial charge in [-0.3, -0.25) is 0 Å². The lowest BCUT2D eigenvalue weighted by Crippen LogP contribution is -1.52. The quantitative estimate of drug-likeness (QED) is 0.373. The van der Waals surface area contributed by atoms with Crippen LogP contribution in [0.4, 0.5) is 0 Å². The Morgan fingerprint density at radius 3 is 2.88 bits per heavy atom. The smallest absolute Gasteiger partial charge is 0.00235 e. The van der Waals surface area contributed by atoms with Crippen molar-refractivity contribution in [1.82, 2.24) is 0 Å². The molecule has 0 aromatic heterocycles.